The summed E-state index contributed by atoms with van der Waals surface area (Å²) < 4.78 is 1.98. The fraction of sp³-hybridized carbons (Fsp3) is 0.333. The fourth-order valence-electron chi connectivity index (χ4n) is 1.95. The monoisotopic (exact) mass is 272 g/mol. The summed E-state index contributed by atoms with van der Waals surface area (Å²) in [6.07, 6.45) is 4.50. The maximum absolute atomic E-state index is 11.8. The van der Waals surface area contributed by atoms with Crippen molar-refractivity contribution in [1.82, 2.24) is 14.9 Å². The number of amides is 1. The summed E-state index contributed by atoms with van der Waals surface area (Å²) in [5.74, 6) is 0.982. The first kappa shape index (κ1) is 14.3. The smallest absolute Gasteiger partial charge is 0.238 e. The molecule has 0 aliphatic rings. The first-order valence-corrected chi connectivity index (χ1v) is 6.69. The van der Waals surface area contributed by atoms with Crippen LogP contribution in [0.3, 0.4) is 0 Å². The van der Waals surface area contributed by atoms with Gasteiger partial charge in [-0.2, -0.15) is 0 Å². The molecule has 1 heterocycles. The molecule has 0 unspecified atom stereocenters. The Morgan fingerprint density at radius 3 is 2.85 bits per heavy atom. The van der Waals surface area contributed by atoms with Gasteiger partial charge < -0.3 is 15.2 Å². The van der Waals surface area contributed by atoms with Crippen molar-refractivity contribution in [2.24, 2.45) is 7.05 Å². The number of nitrogens with zero attached hydrogens (tertiary/aromatic N) is 2. The van der Waals surface area contributed by atoms with Gasteiger partial charge >= 0.3 is 0 Å². The Kier molecular flexibility index (Phi) is 4.90. The first-order chi connectivity index (χ1) is 9.66. The number of rotatable bonds is 6. The van der Waals surface area contributed by atoms with E-state index in [9.17, 15) is 4.79 Å². The van der Waals surface area contributed by atoms with E-state index >= 15 is 0 Å². The molecule has 0 aliphatic carbocycles. The number of para-hydroxylation sites is 1. The molecular weight excluding hydrogens is 252 g/mol. The van der Waals surface area contributed by atoms with Crippen LogP contribution in [0.25, 0.3) is 0 Å². The number of hydrogen-bond acceptors (Lipinski definition) is 3. The van der Waals surface area contributed by atoms with Crippen LogP contribution >= 0.6 is 0 Å². The van der Waals surface area contributed by atoms with Gasteiger partial charge in [-0.1, -0.05) is 18.2 Å². The maximum atomic E-state index is 11.8. The van der Waals surface area contributed by atoms with Crippen LogP contribution in [0.5, 0.6) is 0 Å². The van der Waals surface area contributed by atoms with Crippen molar-refractivity contribution in [3.05, 3.63) is 48.0 Å². The Hall–Kier alpha value is -2.14. The summed E-state index contributed by atoms with van der Waals surface area (Å²) in [5, 5.41) is 6.02. The second-order valence-electron chi connectivity index (χ2n) is 4.74. The van der Waals surface area contributed by atoms with Gasteiger partial charge in [-0.05, 0) is 18.6 Å². The van der Waals surface area contributed by atoms with Gasteiger partial charge in [0.25, 0.3) is 0 Å². The highest BCUT2D eigenvalue weighted by Crippen LogP contribution is 2.12. The zero-order valence-corrected chi connectivity index (χ0v) is 11.9. The van der Waals surface area contributed by atoms with Crippen molar-refractivity contribution >= 4 is 11.6 Å². The number of carbonyl (C=O) groups is 1. The van der Waals surface area contributed by atoms with Crippen LogP contribution in [0.4, 0.5) is 5.69 Å². The lowest BCUT2D eigenvalue weighted by molar-refractivity contribution is -0.115. The molecule has 0 bridgehead atoms. The summed E-state index contributed by atoms with van der Waals surface area (Å²) in [6, 6.07) is 7.75. The Morgan fingerprint density at radius 1 is 1.35 bits per heavy atom. The van der Waals surface area contributed by atoms with E-state index in [0.29, 0.717) is 6.54 Å². The number of hydrogen-bond donors (Lipinski definition) is 2. The van der Waals surface area contributed by atoms with Gasteiger partial charge in [0.2, 0.25) is 5.91 Å². The number of imidazole rings is 1. The zero-order valence-electron chi connectivity index (χ0n) is 11.9. The normalized spacial score (nSPS) is 10.5. The van der Waals surface area contributed by atoms with Gasteiger partial charge in [-0.3, -0.25) is 4.79 Å². The average Bonchev–Trinajstić information content (AvgIpc) is 2.83. The summed E-state index contributed by atoms with van der Waals surface area (Å²) >= 11 is 0. The highest BCUT2D eigenvalue weighted by atomic mass is 16.1. The summed E-state index contributed by atoms with van der Waals surface area (Å²) in [7, 11) is 1.97. The molecule has 1 aromatic heterocycles. The highest BCUT2D eigenvalue weighted by molar-refractivity contribution is 5.92. The third-order valence-corrected chi connectivity index (χ3v) is 3.15. The van der Waals surface area contributed by atoms with E-state index in [2.05, 4.69) is 15.6 Å². The molecule has 1 amide bonds. The molecular formula is C15H20N4O. The molecule has 0 radical (unpaired) electrons. The second-order valence-corrected chi connectivity index (χ2v) is 4.74. The minimum absolute atomic E-state index is 0.0286. The Bertz CT molecular complexity index is 577. The van der Waals surface area contributed by atoms with Crippen molar-refractivity contribution in [3.63, 3.8) is 0 Å². The number of benzene rings is 1. The lowest BCUT2D eigenvalue weighted by atomic mass is 10.2. The molecule has 0 fully saturated rings. The third kappa shape index (κ3) is 3.93. The molecule has 1 aromatic carbocycles. The summed E-state index contributed by atoms with van der Waals surface area (Å²) in [6.45, 7) is 3.01. The van der Waals surface area contributed by atoms with E-state index in [0.717, 1.165) is 30.0 Å². The number of aryl methyl sites for hydroxylation is 2. The van der Waals surface area contributed by atoms with Gasteiger partial charge in [-0.15, -0.1) is 0 Å². The van der Waals surface area contributed by atoms with Crippen molar-refractivity contribution < 1.29 is 4.79 Å². The number of anilines is 1. The fourth-order valence-corrected chi connectivity index (χ4v) is 1.95. The molecule has 2 N–H and O–H groups in total. The van der Waals surface area contributed by atoms with Crippen molar-refractivity contribution in [3.8, 4) is 0 Å². The predicted molar refractivity (Wildman–Crippen MR) is 79.6 cm³/mol. The maximum Gasteiger partial charge on any atom is 0.238 e. The van der Waals surface area contributed by atoms with E-state index in [1.54, 1.807) is 6.20 Å². The Morgan fingerprint density at radius 2 is 2.15 bits per heavy atom. The van der Waals surface area contributed by atoms with Gasteiger partial charge in [-0.25, -0.2) is 4.98 Å². The van der Waals surface area contributed by atoms with Gasteiger partial charge in [0.05, 0.1) is 6.54 Å². The molecule has 106 valence electrons. The van der Waals surface area contributed by atoms with Gasteiger partial charge in [0, 0.05) is 38.1 Å². The standard InChI is InChI=1S/C15H20N4O/c1-12-5-3-4-6-13(12)18-15(20)11-16-8-7-14-17-9-10-19(14)2/h3-6,9-10,16H,7-8,11H2,1-2H3,(H,18,20). The largest absolute Gasteiger partial charge is 0.338 e. The quantitative estimate of drug-likeness (QED) is 0.783. The van der Waals surface area contributed by atoms with Gasteiger partial charge in [0.1, 0.15) is 5.82 Å². The second kappa shape index (κ2) is 6.86. The van der Waals surface area contributed by atoms with Crippen molar-refractivity contribution in [2.75, 3.05) is 18.4 Å². The number of aromatic nitrogens is 2. The lowest BCUT2D eigenvalue weighted by Gasteiger charge is -2.09. The molecule has 0 spiro atoms. The van der Waals surface area contributed by atoms with E-state index in [-0.39, 0.29) is 5.91 Å². The average molecular weight is 272 g/mol. The van der Waals surface area contributed by atoms with Crippen molar-refractivity contribution in [2.45, 2.75) is 13.3 Å². The predicted octanol–water partition coefficient (Wildman–Crippen LogP) is 1.50. The molecule has 2 rings (SSSR count). The topological polar surface area (TPSA) is 59.0 Å². The molecule has 5 heteroatoms. The van der Waals surface area contributed by atoms with Crippen LogP contribution in [0.1, 0.15) is 11.4 Å². The van der Waals surface area contributed by atoms with Crippen LogP contribution in [-0.2, 0) is 18.3 Å². The molecule has 0 aliphatic heterocycles. The van der Waals surface area contributed by atoms with Gasteiger partial charge in [0.15, 0.2) is 0 Å². The molecule has 0 atom stereocenters. The van der Waals surface area contributed by atoms with Crippen LogP contribution in [0.2, 0.25) is 0 Å². The third-order valence-electron chi connectivity index (χ3n) is 3.15. The van der Waals surface area contributed by atoms with Crippen LogP contribution in [0.15, 0.2) is 36.7 Å². The molecule has 20 heavy (non-hydrogen) atoms. The number of carbonyl (C=O) groups excluding carboxylic acids is 1. The molecule has 0 saturated carbocycles. The number of nitrogens with one attached hydrogen (secondary N) is 2. The van der Waals surface area contributed by atoms with E-state index in [4.69, 9.17) is 0 Å². The molecule has 0 saturated heterocycles. The van der Waals surface area contributed by atoms with Crippen LogP contribution < -0.4 is 10.6 Å². The SMILES string of the molecule is Cc1ccccc1NC(=O)CNCCc1nccn1C. The van der Waals surface area contributed by atoms with E-state index in [1.807, 2.05) is 49.0 Å². The zero-order chi connectivity index (χ0) is 14.4. The summed E-state index contributed by atoms with van der Waals surface area (Å²) in [5.41, 5.74) is 1.93. The Balaban J connectivity index is 1.71. The molecule has 5 nitrogen and oxygen atoms in total. The minimum Gasteiger partial charge on any atom is -0.338 e. The Labute approximate surface area is 119 Å². The van der Waals surface area contributed by atoms with E-state index in [1.165, 1.54) is 0 Å². The lowest BCUT2D eigenvalue weighted by Crippen LogP contribution is -2.30. The first-order valence-electron chi connectivity index (χ1n) is 6.69. The minimum atomic E-state index is -0.0286. The summed E-state index contributed by atoms with van der Waals surface area (Å²) in [4.78, 5) is 16.0. The van der Waals surface area contributed by atoms with Crippen LogP contribution in [-0.4, -0.2) is 28.5 Å². The van der Waals surface area contributed by atoms with E-state index < -0.39 is 0 Å². The highest BCUT2D eigenvalue weighted by Gasteiger charge is 2.04. The van der Waals surface area contributed by atoms with Crippen LogP contribution in [0, 0.1) is 6.92 Å². The van der Waals surface area contributed by atoms with Crippen molar-refractivity contribution in [1.29, 1.82) is 0 Å². The molecule has 2 aromatic rings.